The quantitative estimate of drug-likeness (QED) is 0.601. The smallest absolute Gasteiger partial charge is 0.0691 e. The van der Waals surface area contributed by atoms with E-state index in [4.69, 9.17) is 10.5 Å². The number of aliphatic hydroxyl groups excluding tert-OH is 1. The number of nitrogens with two attached hydrogens (primary N) is 1. The molecule has 1 rings (SSSR count). The zero-order chi connectivity index (χ0) is 8.27. The summed E-state index contributed by atoms with van der Waals surface area (Å²) < 4.78 is 5.03. The predicted molar refractivity (Wildman–Crippen MR) is 43.2 cm³/mol. The van der Waals surface area contributed by atoms with Crippen LogP contribution in [-0.2, 0) is 4.74 Å². The minimum absolute atomic E-state index is 0.0381. The van der Waals surface area contributed by atoms with E-state index in [2.05, 4.69) is 0 Å². The maximum absolute atomic E-state index is 9.30. The van der Waals surface area contributed by atoms with Crippen LogP contribution in [0.15, 0.2) is 0 Å². The highest BCUT2D eigenvalue weighted by atomic mass is 16.5. The lowest BCUT2D eigenvalue weighted by Gasteiger charge is -2.30. The normalized spacial score (nSPS) is 39.0. The Bertz CT molecular complexity index is 119. The topological polar surface area (TPSA) is 55.5 Å². The van der Waals surface area contributed by atoms with Crippen molar-refractivity contribution in [3.63, 3.8) is 0 Å². The summed E-state index contributed by atoms with van der Waals surface area (Å²) in [6.07, 6.45) is 2.48. The highest BCUT2D eigenvalue weighted by Gasteiger charge is 2.25. The molecule has 0 saturated heterocycles. The van der Waals surface area contributed by atoms with E-state index in [9.17, 15) is 5.11 Å². The Balaban J connectivity index is 2.28. The van der Waals surface area contributed by atoms with Gasteiger partial charge in [-0.1, -0.05) is 0 Å². The van der Waals surface area contributed by atoms with E-state index in [1.165, 1.54) is 0 Å². The largest absolute Gasteiger partial charge is 0.392 e. The van der Waals surface area contributed by atoms with E-state index in [0.717, 1.165) is 25.9 Å². The molecule has 3 heteroatoms. The molecule has 3 nitrogen and oxygen atoms in total. The number of methoxy groups -OCH3 is 1. The van der Waals surface area contributed by atoms with Crippen molar-refractivity contribution in [2.45, 2.75) is 31.4 Å². The third kappa shape index (κ3) is 2.43. The SMILES string of the molecule is COCC1CCC(O)[C@H](N)C1. The minimum atomic E-state index is -0.289. The molecule has 1 aliphatic rings. The van der Waals surface area contributed by atoms with Crippen LogP contribution >= 0.6 is 0 Å². The van der Waals surface area contributed by atoms with Crippen LogP contribution in [0.5, 0.6) is 0 Å². The average Bonchev–Trinajstić information content (AvgIpc) is 1.98. The Kier molecular flexibility index (Phi) is 3.30. The number of aliphatic hydroxyl groups is 1. The van der Waals surface area contributed by atoms with Crippen LogP contribution in [0.2, 0.25) is 0 Å². The van der Waals surface area contributed by atoms with E-state index in [-0.39, 0.29) is 12.1 Å². The molecule has 0 bridgehead atoms. The van der Waals surface area contributed by atoms with Gasteiger partial charge >= 0.3 is 0 Å². The molecular weight excluding hydrogens is 142 g/mol. The van der Waals surface area contributed by atoms with Gasteiger partial charge in [0, 0.05) is 19.8 Å². The van der Waals surface area contributed by atoms with Crippen molar-refractivity contribution in [2.75, 3.05) is 13.7 Å². The number of ether oxygens (including phenoxy) is 1. The van der Waals surface area contributed by atoms with Crippen LogP contribution in [0.3, 0.4) is 0 Å². The van der Waals surface area contributed by atoms with Crippen LogP contribution in [-0.4, -0.2) is 31.0 Å². The second kappa shape index (κ2) is 4.04. The van der Waals surface area contributed by atoms with E-state index in [1.807, 2.05) is 0 Å². The van der Waals surface area contributed by atoms with Gasteiger partial charge in [-0.25, -0.2) is 0 Å². The van der Waals surface area contributed by atoms with Crippen molar-refractivity contribution in [2.24, 2.45) is 11.7 Å². The molecule has 3 N–H and O–H groups in total. The second-order valence-electron chi connectivity index (χ2n) is 3.37. The first kappa shape index (κ1) is 8.97. The van der Waals surface area contributed by atoms with Gasteiger partial charge in [-0.15, -0.1) is 0 Å². The molecule has 0 aromatic rings. The third-order valence-corrected chi connectivity index (χ3v) is 2.37. The van der Waals surface area contributed by atoms with Gasteiger partial charge < -0.3 is 15.6 Å². The molecule has 66 valence electrons. The maximum Gasteiger partial charge on any atom is 0.0691 e. The first-order valence-electron chi connectivity index (χ1n) is 4.16. The lowest BCUT2D eigenvalue weighted by atomic mass is 9.85. The Morgan fingerprint density at radius 1 is 1.55 bits per heavy atom. The van der Waals surface area contributed by atoms with Gasteiger partial charge in [0.15, 0.2) is 0 Å². The third-order valence-electron chi connectivity index (χ3n) is 2.37. The molecule has 1 fully saturated rings. The first-order valence-corrected chi connectivity index (χ1v) is 4.16. The lowest BCUT2D eigenvalue weighted by molar-refractivity contribution is 0.0559. The summed E-state index contributed by atoms with van der Waals surface area (Å²) in [4.78, 5) is 0. The van der Waals surface area contributed by atoms with Crippen molar-refractivity contribution >= 4 is 0 Å². The first-order chi connectivity index (χ1) is 5.24. The van der Waals surface area contributed by atoms with E-state index in [1.54, 1.807) is 7.11 Å². The van der Waals surface area contributed by atoms with Crippen molar-refractivity contribution < 1.29 is 9.84 Å². The molecule has 0 heterocycles. The van der Waals surface area contributed by atoms with Gasteiger partial charge in [0.1, 0.15) is 0 Å². The highest BCUT2D eigenvalue weighted by molar-refractivity contribution is 4.81. The lowest BCUT2D eigenvalue weighted by Crippen LogP contribution is -2.41. The summed E-state index contributed by atoms with van der Waals surface area (Å²) in [5, 5.41) is 9.30. The van der Waals surface area contributed by atoms with Crippen LogP contribution in [0, 0.1) is 5.92 Å². The van der Waals surface area contributed by atoms with Gasteiger partial charge in [-0.05, 0) is 25.2 Å². The molecular formula is C8H17NO2. The number of hydrogen-bond donors (Lipinski definition) is 2. The van der Waals surface area contributed by atoms with E-state index < -0.39 is 0 Å². The van der Waals surface area contributed by atoms with Crippen LogP contribution in [0.25, 0.3) is 0 Å². The molecule has 0 aromatic carbocycles. The summed E-state index contributed by atoms with van der Waals surface area (Å²) in [7, 11) is 1.70. The summed E-state index contributed by atoms with van der Waals surface area (Å²) in [5.41, 5.74) is 5.69. The molecule has 1 aliphatic carbocycles. The van der Waals surface area contributed by atoms with Crippen LogP contribution in [0.1, 0.15) is 19.3 Å². The Labute approximate surface area is 67.5 Å². The standard InChI is InChI=1S/C8H17NO2/c1-11-5-6-2-3-8(10)7(9)4-6/h6-8,10H,2-5,9H2,1H3/t6?,7-,8?/m1/s1. The highest BCUT2D eigenvalue weighted by Crippen LogP contribution is 2.23. The fourth-order valence-corrected chi connectivity index (χ4v) is 1.67. The molecule has 0 aliphatic heterocycles. The summed E-state index contributed by atoms with van der Waals surface area (Å²) in [6.45, 7) is 0.778. The molecule has 3 atom stereocenters. The Morgan fingerprint density at radius 2 is 2.27 bits per heavy atom. The van der Waals surface area contributed by atoms with Gasteiger partial charge in [-0.3, -0.25) is 0 Å². The van der Waals surface area contributed by atoms with Gasteiger partial charge in [0.05, 0.1) is 6.10 Å². The molecule has 0 aromatic heterocycles. The van der Waals surface area contributed by atoms with Gasteiger partial charge in [-0.2, -0.15) is 0 Å². The summed E-state index contributed by atoms with van der Waals surface area (Å²) >= 11 is 0. The fourth-order valence-electron chi connectivity index (χ4n) is 1.67. The fraction of sp³-hybridized carbons (Fsp3) is 1.00. The maximum atomic E-state index is 9.30. The van der Waals surface area contributed by atoms with Gasteiger partial charge in [0.25, 0.3) is 0 Å². The number of hydrogen-bond acceptors (Lipinski definition) is 3. The van der Waals surface area contributed by atoms with Crippen LogP contribution in [0.4, 0.5) is 0 Å². The van der Waals surface area contributed by atoms with Crippen molar-refractivity contribution in [1.29, 1.82) is 0 Å². The van der Waals surface area contributed by atoms with Crippen molar-refractivity contribution in [3.8, 4) is 0 Å². The minimum Gasteiger partial charge on any atom is -0.392 e. The predicted octanol–water partition coefficient (Wildman–Crippen LogP) is 0.121. The summed E-state index contributed by atoms with van der Waals surface area (Å²) in [5.74, 6) is 0.554. The number of rotatable bonds is 2. The molecule has 1 saturated carbocycles. The average molecular weight is 159 g/mol. The monoisotopic (exact) mass is 159 g/mol. The zero-order valence-electron chi connectivity index (χ0n) is 6.99. The Morgan fingerprint density at radius 3 is 2.82 bits per heavy atom. The molecule has 0 radical (unpaired) electrons. The molecule has 0 spiro atoms. The van der Waals surface area contributed by atoms with Crippen molar-refractivity contribution in [3.05, 3.63) is 0 Å². The Hall–Kier alpha value is -0.120. The molecule has 0 amide bonds. The second-order valence-corrected chi connectivity index (χ2v) is 3.37. The van der Waals surface area contributed by atoms with E-state index >= 15 is 0 Å². The van der Waals surface area contributed by atoms with E-state index in [0.29, 0.717) is 5.92 Å². The molecule has 2 unspecified atom stereocenters. The van der Waals surface area contributed by atoms with Gasteiger partial charge in [0.2, 0.25) is 0 Å². The van der Waals surface area contributed by atoms with Crippen LogP contribution < -0.4 is 5.73 Å². The summed E-state index contributed by atoms with van der Waals surface area (Å²) in [6, 6.07) is -0.0381. The zero-order valence-corrected chi connectivity index (χ0v) is 6.99. The van der Waals surface area contributed by atoms with Crippen molar-refractivity contribution in [1.82, 2.24) is 0 Å². The molecule has 11 heavy (non-hydrogen) atoms.